The molecular formula is C10H23NO3. The SMILES string of the molecule is CCC(C)(O)N(C(C)(C)O)C(C)(C)O. The van der Waals surface area contributed by atoms with Gasteiger partial charge < -0.3 is 15.3 Å². The highest BCUT2D eigenvalue weighted by atomic mass is 16.4. The molecule has 3 N–H and O–H groups in total. The Balaban J connectivity index is 5.14. The highest BCUT2D eigenvalue weighted by molar-refractivity contribution is 4.86. The Hall–Kier alpha value is -0.160. The van der Waals surface area contributed by atoms with Gasteiger partial charge in [0.1, 0.15) is 17.2 Å². The molecule has 0 bridgehead atoms. The van der Waals surface area contributed by atoms with Crippen LogP contribution in [0.15, 0.2) is 0 Å². The number of hydrogen-bond donors (Lipinski definition) is 3. The first kappa shape index (κ1) is 13.8. The molecular weight excluding hydrogens is 182 g/mol. The van der Waals surface area contributed by atoms with E-state index in [0.717, 1.165) is 0 Å². The summed E-state index contributed by atoms with van der Waals surface area (Å²) in [5.74, 6) is 0. The first-order valence-electron chi connectivity index (χ1n) is 4.90. The van der Waals surface area contributed by atoms with Crippen molar-refractivity contribution in [2.45, 2.75) is 65.1 Å². The highest BCUT2D eigenvalue weighted by Crippen LogP contribution is 2.31. The Bertz CT molecular complexity index is 175. The van der Waals surface area contributed by atoms with Crippen molar-refractivity contribution in [1.82, 2.24) is 4.90 Å². The number of rotatable bonds is 4. The molecule has 0 aromatic heterocycles. The van der Waals surface area contributed by atoms with Crippen LogP contribution in [0.2, 0.25) is 0 Å². The molecule has 0 saturated carbocycles. The van der Waals surface area contributed by atoms with Gasteiger partial charge in [-0.3, -0.25) is 0 Å². The normalized spacial score (nSPS) is 18.4. The lowest BCUT2D eigenvalue weighted by atomic mass is 10.0. The van der Waals surface area contributed by atoms with E-state index < -0.39 is 17.2 Å². The van der Waals surface area contributed by atoms with Crippen molar-refractivity contribution in [1.29, 1.82) is 0 Å². The van der Waals surface area contributed by atoms with Crippen molar-refractivity contribution in [3.05, 3.63) is 0 Å². The molecule has 1 atom stereocenters. The lowest BCUT2D eigenvalue weighted by molar-refractivity contribution is -0.295. The van der Waals surface area contributed by atoms with E-state index >= 15 is 0 Å². The molecule has 0 aliphatic rings. The summed E-state index contributed by atoms with van der Waals surface area (Å²) in [5.41, 5.74) is -3.80. The van der Waals surface area contributed by atoms with Crippen LogP contribution in [0.5, 0.6) is 0 Å². The molecule has 0 aromatic carbocycles. The fourth-order valence-corrected chi connectivity index (χ4v) is 2.01. The largest absolute Gasteiger partial charge is 0.376 e. The van der Waals surface area contributed by atoms with Gasteiger partial charge in [-0.1, -0.05) is 6.92 Å². The monoisotopic (exact) mass is 205 g/mol. The summed E-state index contributed by atoms with van der Waals surface area (Å²) in [7, 11) is 0. The molecule has 4 heteroatoms. The molecule has 0 rings (SSSR count). The number of aliphatic hydroxyl groups is 3. The maximum absolute atomic E-state index is 10.1. The van der Waals surface area contributed by atoms with Gasteiger partial charge in [0, 0.05) is 0 Å². The highest BCUT2D eigenvalue weighted by Gasteiger charge is 2.45. The van der Waals surface area contributed by atoms with Gasteiger partial charge in [0.15, 0.2) is 0 Å². The van der Waals surface area contributed by atoms with Crippen molar-refractivity contribution < 1.29 is 15.3 Å². The molecule has 86 valence electrons. The van der Waals surface area contributed by atoms with E-state index in [1.807, 2.05) is 0 Å². The molecule has 0 radical (unpaired) electrons. The van der Waals surface area contributed by atoms with Crippen LogP contribution in [-0.2, 0) is 0 Å². The summed E-state index contributed by atoms with van der Waals surface area (Å²) < 4.78 is 0. The predicted molar refractivity (Wildman–Crippen MR) is 55.3 cm³/mol. The van der Waals surface area contributed by atoms with Crippen LogP contribution < -0.4 is 0 Å². The van der Waals surface area contributed by atoms with Gasteiger partial charge in [-0.25, -0.2) is 4.90 Å². The smallest absolute Gasteiger partial charge is 0.119 e. The summed E-state index contributed by atoms with van der Waals surface area (Å²) in [6, 6.07) is 0. The molecule has 0 fully saturated rings. The minimum Gasteiger partial charge on any atom is -0.376 e. The Morgan fingerprint density at radius 3 is 1.21 bits per heavy atom. The van der Waals surface area contributed by atoms with Gasteiger partial charge in [-0.05, 0) is 41.0 Å². The number of nitrogens with zero attached hydrogens (tertiary/aromatic N) is 1. The average Bonchev–Trinajstić information content (AvgIpc) is 1.79. The minimum absolute atomic E-state index is 0.418. The fraction of sp³-hybridized carbons (Fsp3) is 1.00. The van der Waals surface area contributed by atoms with E-state index in [4.69, 9.17) is 0 Å². The van der Waals surface area contributed by atoms with Crippen LogP contribution in [0.1, 0.15) is 48.0 Å². The van der Waals surface area contributed by atoms with Gasteiger partial charge in [0.25, 0.3) is 0 Å². The topological polar surface area (TPSA) is 63.9 Å². The van der Waals surface area contributed by atoms with Crippen molar-refractivity contribution in [2.75, 3.05) is 0 Å². The van der Waals surface area contributed by atoms with E-state index in [1.54, 1.807) is 13.8 Å². The summed E-state index contributed by atoms with van der Waals surface area (Å²) >= 11 is 0. The molecule has 1 unspecified atom stereocenters. The third-order valence-corrected chi connectivity index (χ3v) is 2.25. The van der Waals surface area contributed by atoms with Gasteiger partial charge >= 0.3 is 0 Å². The predicted octanol–water partition coefficient (Wildman–Crippen LogP) is 0.864. The van der Waals surface area contributed by atoms with Crippen molar-refractivity contribution in [2.24, 2.45) is 0 Å². The van der Waals surface area contributed by atoms with Gasteiger partial charge in [0.05, 0.1) is 0 Å². The summed E-state index contributed by atoms with van der Waals surface area (Å²) in [5, 5.41) is 29.8. The zero-order chi connectivity index (χ0) is 11.8. The standard InChI is InChI=1S/C10H23NO3/c1-7-10(6,14)11(8(2,3)12)9(4,5)13/h12-14H,7H2,1-6H3. The van der Waals surface area contributed by atoms with Gasteiger partial charge in [-0.2, -0.15) is 0 Å². The Morgan fingerprint density at radius 2 is 1.14 bits per heavy atom. The molecule has 14 heavy (non-hydrogen) atoms. The van der Waals surface area contributed by atoms with Crippen LogP contribution in [0.4, 0.5) is 0 Å². The second-order valence-electron chi connectivity index (χ2n) is 4.89. The minimum atomic E-state index is -1.28. The van der Waals surface area contributed by atoms with Crippen LogP contribution in [0.25, 0.3) is 0 Å². The average molecular weight is 205 g/mol. The van der Waals surface area contributed by atoms with E-state index in [1.165, 1.54) is 32.6 Å². The van der Waals surface area contributed by atoms with Gasteiger partial charge in [-0.15, -0.1) is 0 Å². The second-order valence-corrected chi connectivity index (χ2v) is 4.89. The van der Waals surface area contributed by atoms with E-state index in [-0.39, 0.29) is 0 Å². The Morgan fingerprint density at radius 1 is 0.857 bits per heavy atom. The van der Waals surface area contributed by atoms with E-state index in [2.05, 4.69) is 0 Å². The van der Waals surface area contributed by atoms with Crippen molar-refractivity contribution in [3.8, 4) is 0 Å². The summed E-state index contributed by atoms with van der Waals surface area (Å²) in [6.07, 6.45) is 0.418. The molecule has 0 saturated heterocycles. The van der Waals surface area contributed by atoms with Crippen LogP contribution in [0.3, 0.4) is 0 Å². The quantitative estimate of drug-likeness (QED) is 0.596. The first-order valence-corrected chi connectivity index (χ1v) is 4.90. The lowest BCUT2D eigenvalue weighted by Crippen LogP contribution is -2.65. The molecule has 0 spiro atoms. The Kier molecular flexibility index (Phi) is 3.73. The zero-order valence-electron chi connectivity index (χ0n) is 10.00. The lowest BCUT2D eigenvalue weighted by Gasteiger charge is -2.50. The summed E-state index contributed by atoms with van der Waals surface area (Å²) in [4.78, 5) is 1.28. The Labute approximate surface area is 86.2 Å². The molecule has 4 nitrogen and oxygen atoms in total. The van der Waals surface area contributed by atoms with E-state index in [0.29, 0.717) is 6.42 Å². The molecule has 0 aliphatic heterocycles. The third-order valence-electron chi connectivity index (χ3n) is 2.25. The van der Waals surface area contributed by atoms with E-state index in [9.17, 15) is 15.3 Å². The number of hydrogen-bond acceptors (Lipinski definition) is 4. The van der Waals surface area contributed by atoms with Crippen LogP contribution >= 0.6 is 0 Å². The van der Waals surface area contributed by atoms with Gasteiger partial charge in [0.2, 0.25) is 0 Å². The maximum atomic E-state index is 10.1. The first-order chi connectivity index (χ1) is 5.93. The maximum Gasteiger partial charge on any atom is 0.119 e. The van der Waals surface area contributed by atoms with Crippen molar-refractivity contribution in [3.63, 3.8) is 0 Å². The molecule has 0 heterocycles. The summed E-state index contributed by atoms with van der Waals surface area (Å²) in [6.45, 7) is 9.52. The zero-order valence-corrected chi connectivity index (χ0v) is 10.00. The third kappa shape index (κ3) is 3.20. The molecule has 0 aromatic rings. The van der Waals surface area contributed by atoms with Crippen LogP contribution in [-0.4, -0.2) is 37.4 Å². The molecule has 0 amide bonds. The van der Waals surface area contributed by atoms with Crippen LogP contribution in [0, 0.1) is 0 Å². The molecule has 0 aliphatic carbocycles. The fourth-order valence-electron chi connectivity index (χ4n) is 2.01. The van der Waals surface area contributed by atoms with Crippen molar-refractivity contribution >= 4 is 0 Å². The second kappa shape index (κ2) is 3.77.